The fourth-order valence-corrected chi connectivity index (χ4v) is 1.98. The third kappa shape index (κ3) is 4.72. The molecular formula is C13H20FN3OS. The highest BCUT2D eigenvalue weighted by Crippen LogP contribution is 2.19. The average Bonchev–Trinajstić information content (AvgIpc) is 2.38. The molecule has 19 heavy (non-hydrogen) atoms. The molecular weight excluding hydrogens is 265 g/mol. The van der Waals surface area contributed by atoms with Gasteiger partial charge in [-0.3, -0.25) is 9.69 Å². The molecule has 1 aromatic rings. The van der Waals surface area contributed by atoms with Crippen molar-refractivity contribution in [3.63, 3.8) is 0 Å². The van der Waals surface area contributed by atoms with E-state index in [1.165, 1.54) is 18.2 Å². The zero-order valence-corrected chi connectivity index (χ0v) is 12.3. The Hall–Kier alpha value is -1.27. The van der Waals surface area contributed by atoms with Crippen molar-refractivity contribution in [2.24, 2.45) is 0 Å². The number of hydrogen-bond acceptors (Lipinski definition) is 4. The molecule has 1 rings (SSSR count). The highest BCUT2D eigenvalue weighted by molar-refractivity contribution is 7.98. The van der Waals surface area contributed by atoms with Crippen molar-refractivity contribution in [1.82, 2.24) is 4.90 Å². The van der Waals surface area contributed by atoms with Crippen LogP contribution in [0.2, 0.25) is 0 Å². The van der Waals surface area contributed by atoms with Gasteiger partial charge in [-0.1, -0.05) is 0 Å². The summed E-state index contributed by atoms with van der Waals surface area (Å²) >= 11 is 1.73. The molecule has 1 amide bonds. The Morgan fingerprint density at radius 1 is 1.58 bits per heavy atom. The number of carbonyl (C=O) groups is 1. The van der Waals surface area contributed by atoms with Gasteiger partial charge in [-0.25, -0.2) is 4.39 Å². The molecule has 106 valence electrons. The summed E-state index contributed by atoms with van der Waals surface area (Å²) in [4.78, 5) is 14.0. The molecule has 0 fully saturated rings. The van der Waals surface area contributed by atoms with Crippen LogP contribution in [0.4, 0.5) is 15.8 Å². The number of nitrogens with two attached hydrogens (primary N) is 1. The molecule has 6 heteroatoms. The molecule has 0 aromatic heterocycles. The summed E-state index contributed by atoms with van der Waals surface area (Å²) in [5.74, 6) is 0.398. The fourth-order valence-electron chi connectivity index (χ4n) is 1.51. The van der Waals surface area contributed by atoms with Crippen LogP contribution in [0.1, 0.15) is 6.92 Å². The van der Waals surface area contributed by atoms with E-state index in [9.17, 15) is 9.18 Å². The van der Waals surface area contributed by atoms with Crippen LogP contribution >= 0.6 is 11.8 Å². The van der Waals surface area contributed by atoms with Gasteiger partial charge < -0.3 is 11.1 Å². The minimum absolute atomic E-state index is 0.151. The molecule has 0 bridgehead atoms. The van der Waals surface area contributed by atoms with Gasteiger partial charge in [-0.2, -0.15) is 11.8 Å². The van der Waals surface area contributed by atoms with Crippen molar-refractivity contribution >= 4 is 29.0 Å². The molecule has 0 heterocycles. The fraction of sp³-hybridized carbons (Fsp3) is 0.462. The van der Waals surface area contributed by atoms with E-state index in [-0.39, 0.29) is 17.6 Å². The second-order valence-corrected chi connectivity index (χ2v) is 5.36. The third-order valence-electron chi connectivity index (χ3n) is 2.96. The number of amides is 1. The topological polar surface area (TPSA) is 58.4 Å². The Labute approximate surface area is 117 Å². The maximum atomic E-state index is 12.9. The molecule has 4 nitrogen and oxygen atoms in total. The first-order valence-electron chi connectivity index (χ1n) is 6.00. The number of carbonyl (C=O) groups excluding carboxylic acids is 1. The summed E-state index contributed by atoms with van der Waals surface area (Å²) in [5.41, 5.74) is 6.32. The number of halogens is 1. The Morgan fingerprint density at radius 3 is 2.84 bits per heavy atom. The lowest BCUT2D eigenvalue weighted by Crippen LogP contribution is -2.40. The van der Waals surface area contributed by atoms with E-state index in [2.05, 4.69) is 5.32 Å². The summed E-state index contributed by atoms with van der Waals surface area (Å²) in [6, 6.07) is 3.67. The lowest BCUT2D eigenvalue weighted by atomic mass is 10.2. The zero-order chi connectivity index (χ0) is 14.4. The predicted molar refractivity (Wildman–Crippen MR) is 79.9 cm³/mol. The molecule has 0 aliphatic carbocycles. The van der Waals surface area contributed by atoms with Gasteiger partial charge in [0.05, 0.1) is 17.4 Å². The lowest BCUT2D eigenvalue weighted by molar-refractivity contribution is -0.120. The van der Waals surface area contributed by atoms with Gasteiger partial charge in [0.2, 0.25) is 5.91 Å². The minimum Gasteiger partial charge on any atom is -0.397 e. The molecule has 1 aromatic carbocycles. The minimum atomic E-state index is -0.416. The number of hydrogen-bond donors (Lipinski definition) is 2. The maximum Gasteiger partial charge on any atom is 0.241 e. The predicted octanol–water partition coefficient (Wildman–Crippen LogP) is 2.03. The second kappa shape index (κ2) is 7.35. The number of benzene rings is 1. The van der Waals surface area contributed by atoms with Crippen molar-refractivity contribution in [3.05, 3.63) is 24.0 Å². The Morgan fingerprint density at radius 2 is 2.26 bits per heavy atom. The molecule has 0 saturated carbocycles. The van der Waals surface area contributed by atoms with Crippen LogP contribution in [0.15, 0.2) is 18.2 Å². The summed E-state index contributed by atoms with van der Waals surface area (Å²) < 4.78 is 12.9. The average molecular weight is 285 g/mol. The van der Waals surface area contributed by atoms with Gasteiger partial charge in [-0.15, -0.1) is 0 Å². The number of rotatable bonds is 6. The van der Waals surface area contributed by atoms with Gasteiger partial charge in [0, 0.05) is 12.3 Å². The van der Waals surface area contributed by atoms with Crippen molar-refractivity contribution in [3.8, 4) is 0 Å². The number of nitrogen functional groups attached to an aromatic ring is 1. The summed E-state index contributed by atoms with van der Waals surface area (Å²) in [6.07, 6.45) is 2.03. The largest absolute Gasteiger partial charge is 0.397 e. The smallest absolute Gasteiger partial charge is 0.241 e. The van der Waals surface area contributed by atoms with Gasteiger partial charge in [0.15, 0.2) is 0 Å². The van der Waals surface area contributed by atoms with E-state index < -0.39 is 5.82 Å². The number of thioether (sulfide) groups is 1. The number of likely N-dealkylation sites (N-methyl/N-ethyl adjacent to an activating group) is 1. The van der Waals surface area contributed by atoms with Crippen molar-refractivity contribution < 1.29 is 9.18 Å². The van der Waals surface area contributed by atoms with E-state index in [1.807, 2.05) is 25.1 Å². The maximum absolute atomic E-state index is 12.9. The molecule has 3 N–H and O–H groups in total. The normalized spacial score (nSPS) is 12.5. The first-order chi connectivity index (χ1) is 8.95. The standard InChI is InChI=1S/C13H20FN3OS/c1-9(17(2)6-7-19-3)13(18)16-12-5-4-10(14)8-11(12)15/h4-5,8-9H,6-7,15H2,1-3H3,(H,16,18). The molecule has 0 saturated heterocycles. The monoisotopic (exact) mass is 285 g/mol. The van der Waals surface area contributed by atoms with Gasteiger partial charge in [-0.05, 0) is 38.4 Å². The van der Waals surface area contributed by atoms with Crippen LogP contribution in [-0.4, -0.2) is 42.4 Å². The van der Waals surface area contributed by atoms with Crippen LogP contribution < -0.4 is 11.1 Å². The van der Waals surface area contributed by atoms with Crippen LogP contribution in [0.3, 0.4) is 0 Å². The number of nitrogens with zero attached hydrogens (tertiary/aromatic N) is 1. The second-order valence-electron chi connectivity index (χ2n) is 4.37. The summed E-state index contributed by atoms with van der Waals surface area (Å²) in [7, 11) is 1.90. The van der Waals surface area contributed by atoms with E-state index in [0.717, 1.165) is 12.3 Å². The van der Waals surface area contributed by atoms with Gasteiger partial charge >= 0.3 is 0 Å². The SMILES string of the molecule is CSCCN(C)C(C)C(=O)Nc1ccc(F)cc1N. The third-order valence-corrected chi connectivity index (χ3v) is 3.55. The number of nitrogens with one attached hydrogen (secondary N) is 1. The van der Waals surface area contributed by atoms with Crippen LogP contribution in [0.5, 0.6) is 0 Å². The van der Waals surface area contributed by atoms with E-state index in [0.29, 0.717) is 5.69 Å². The van der Waals surface area contributed by atoms with Crippen LogP contribution in [-0.2, 0) is 4.79 Å². The zero-order valence-electron chi connectivity index (χ0n) is 11.4. The molecule has 0 spiro atoms. The van der Waals surface area contributed by atoms with Gasteiger partial charge in [0.25, 0.3) is 0 Å². The first-order valence-corrected chi connectivity index (χ1v) is 7.40. The lowest BCUT2D eigenvalue weighted by Gasteiger charge is -2.23. The Bertz CT molecular complexity index is 442. The Balaban J connectivity index is 2.63. The number of anilines is 2. The van der Waals surface area contributed by atoms with E-state index in [4.69, 9.17) is 5.73 Å². The molecule has 1 atom stereocenters. The van der Waals surface area contributed by atoms with Crippen LogP contribution in [0.25, 0.3) is 0 Å². The highest BCUT2D eigenvalue weighted by atomic mass is 32.2. The highest BCUT2D eigenvalue weighted by Gasteiger charge is 2.18. The quantitative estimate of drug-likeness (QED) is 0.785. The summed E-state index contributed by atoms with van der Waals surface area (Å²) in [5, 5.41) is 2.72. The first kappa shape index (κ1) is 15.8. The van der Waals surface area contributed by atoms with Crippen LogP contribution in [0, 0.1) is 5.82 Å². The van der Waals surface area contributed by atoms with Crippen molar-refractivity contribution in [1.29, 1.82) is 0 Å². The van der Waals surface area contributed by atoms with Gasteiger partial charge in [0.1, 0.15) is 5.82 Å². The molecule has 0 aliphatic rings. The Kier molecular flexibility index (Phi) is 6.11. The molecule has 0 radical (unpaired) electrons. The van der Waals surface area contributed by atoms with Crippen molar-refractivity contribution in [2.75, 3.05) is 36.7 Å². The summed E-state index contributed by atoms with van der Waals surface area (Å²) in [6.45, 7) is 2.66. The van der Waals surface area contributed by atoms with E-state index >= 15 is 0 Å². The molecule has 0 aliphatic heterocycles. The van der Waals surface area contributed by atoms with E-state index in [1.54, 1.807) is 11.8 Å². The van der Waals surface area contributed by atoms with Crippen molar-refractivity contribution in [2.45, 2.75) is 13.0 Å². The molecule has 1 unspecified atom stereocenters.